The van der Waals surface area contributed by atoms with Crippen molar-refractivity contribution in [1.82, 2.24) is 4.98 Å². The average molecular weight is 379 g/mol. The van der Waals surface area contributed by atoms with Crippen LogP contribution in [0.15, 0.2) is 54.0 Å². The van der Waals surface area contributed by atoms with Gasteiger partial charge in [-0.25, -0.2) is 4.98 Å². The van der Waals surface area contributed by atoms with Gasteiger partial charge in [0.15, 0.2) is 11.5 Å². The molecule has 0 aliphatic heterocycles. The van der Waals surface area contributed by atoms with E-state index in [9.17, 15) is 10.4 Å². The summed E-state index contributed by atoms with van der Waals surface area (Å²) >= 11 is 1.37. The Hall–Kier alpha value is -3.50. The molecule has 1 heterocycles. The minimum atomic E-state index is 0.0665. The second-order valence-electron chi connectivity index (χ2n) is 5.47. The van der Waals surface area contributed by atoms with Crippen LogP contribution in [0, 0.1) is 11.3 Å². The predicted molar refractivity (Wildman–Crippen MR) is 106 cm³/mol. The number of methoxy groups -OCH3 is 2. The smallest absolute Gasteiger partial charge is 0.161 e. The number of rotatable bonds is 6. The monoisotopic (exact) mass is 379 g/mol. The van der Waals surface area contributed by atoms with Gasteiger partial charge in [0, 0.05) is 28.9 Å². The highest BCUT2D eigenvalue weighted by atomic mass is 32.1. The van der Waals surface area contributed by atoms with Crippen LogP contribution in [-0.4, -0.2) is 24.3 Å². The van der Waals surface area contributed by atoms with E-state index >= 15 is 0 Å². The molecule has 0 fully saturated rings. The van der Waals surface area contributed by atoms with E-state index in [0.717, 1.165) is 17.0 Å². The standard InChI is InChI=1S/C20H17N3O3S/c1-25-16-5-3-4-15(9-16)22-11-14(10-21)20-23-17(12-27-20)13-6-7-18(24)19(8-13)26-2/h3-9,11-12,22,24H,1-2H3/b14-11-. The van der Waals surface area contributed by atoms with E-state index in [1.807, 2.05) is 29.6 Å². The van der Waals surface area contributed by atoms with Crippen molar-refractivity contribution in [3.8, 4) is 34.6 Å². The second kappa shape index (κ2) is 8.25. The van der Waals surface area contributed by atoms with Crippen molar-refractivity contribution in [3.63, 3.8) is 0 Å². The first kappa shape index (κ1) is 18.3. The number of hydrogen-bond acceptors (Lipinski definition) is 7. The molecule has 2 aromatic carbocycles. The molecule has 27 heavy (non-hydrogen) atoms. The van der Waals surface area contributed by atoms with Crippen LogP contribution >= 0.6 is 11.3 Å². The van der Waals surface area contributed by atoms with Crippen molar-refractivity contribution in [2.45, 2.75) is 0 Å². The molecule has 0 bridgehead atoms. The Kier molecular flexibility index (Phi) is 5.59. The fourth-order valence-electron chi connectivity index (χ4n) is 2.38. The Bertz CT molecular complexity index is 1020. The molecule has 0 saturated carbocycles. The van der Waals surface area contributed by atoms with Crippen molar-refractivity contribution in [2.75, 3.05) is 19.5 Å². The van der Waals surface area contributed by atoms with E-state index in [-0.39, 0.29) is 5.75 Å². The number of allylic oxidation sites excluding steroid dienone is 1. The molecule has 136 valence electrons. The topological polar surface area (TPSA) is 87.4 Å². The highest BCUT2D eigenvalue weighted by molar-refractivity contribution is 7.11. The highest BCUT2D eigenvalue weighted by Crippen LogP contribution is 2.33. The number of phenols is 1. The van der Waals surface area contributed by atoms with Crippen molar-refractivity contribution in [3.05, 3.63) is 59.1 Å². The summed E-state index contributed by atoms with van der Waals surface area (Å²) in [4.78, 5) is 4.53. The molecule has 3 rings (SSSR count). The number of ether oxygens (including phenoxy) is 2. The van der Waals surface area contributed by atoms with Crippen LogP contribution in [0.2, 0.25) is 0 Å². The zero-order valence-corrected chi connectivity index (χ0v) is 15.6. The number of anilines is 1. The molecule has 0 atom stereocenters. The van der Waals surface area contributed by atoms with Gasteiger partial charge < -0.3 is 19.9 Å². The maximum Gasteiger partial charge on any atom is 0.161 e. The van der Waals surface area contributed by atoms with Crippen molar-refractivity contribution >= 4 is 22.6 Å². The number of aromatic hydroxyl groups is 1. The van der Waals surface area contributed by atoms with Gasteiger partial charge in [-0.15, -0.1) is 11.3 Å². The zero-order chi connectivity index (χ0) is 19.2. The number of nitrogens with zero attached hydrogens (tertiary/aromatic N) is 2. The number of nitrogens with one attached hydrogen (secondary N) is 1. The first-order valence-corrected chi connectivity index (χ1v) is 8.86. The number of benzene rings is 2. The molecular weight excluding hydrogens is 362 g/mol. The van der Waals surface area contributed by atoms with Crippen LogP contribution in [0.4, 0.5) is 5.69 Å². The summed E-state index contributed by atoms with van der Waals surface area (Å²) < 4.78 is 10.3. The zero-order valence-electron chi connectivity index (χ0n) is 14.8. The first-order chi connectivity index (χ1) is 13.1. The molecule has 0 amide bonds. The van der Waals surface area contributed by atoms with Gasteiger partial charge in [0.1, 0.15) is 22.4 Å². The number of hydrogen-bond donors (Lipinski definition) is 2. The van der Waals surface area contributed by atoms with Crippen molar-refractivity contribution in [1.29, 1.82) is 5.26 Å². The molecule has 7 heteroatoms. The lowest BCUT2D eigenvalue weighted by Gasteiger charge is -2.05. The minimum Gasteiger partial charge on any atom is -0.504 e. The summed E-state index contributed by atoms with van der Waals surface area (Å²) in [7, 11) is 3.09. The second-order valence-corrected chi connectivity index (χ2v) is 6.33. The van der Waals surface area contributed by atoms with Gasteiger partial charge >= 0.3 is 0 Å². The SMILES string of the molecule is COc1cccc(N/C=C(/C#N)c2nc(-c3ccc(O)c(OC)c3)cs2)c1. The largest absolute Gasteiger partial charge is 0.504 e. The van der Waals surface area contributed by atoms with Gasteiger partial charge in [0.05, 0.1) is 19.9 Å². The maximum absolute atomic E-state index is 9.72. The normalized spacial score (nSPS) is 10.9. The number of aromatic nitrogens is 1. The summed E-state index contributed by atoms with van der Waals surface area (Å²) in [5.41, 5.74) is 2.72. The minimum absolute atomic E-state index is 0.0665. The van der Waals surface area contributed by atoms with E-state index in [1.165, 1.54) is 18.4 Å². The van der Waals surface area contributed by atoms with Crippen molar-refractivity contribution in [2.24, 2.45) is 0 Å². The summed E-state index contributed by atoms with van der Waals surface area (Å²) in [6.07, 6.45) is 1.62. The van der Waals surface area contributed by atoms with E-state index in [0.29, 0.717) is 22.0 Å². The average Bonchev–Trinajstić information content (AvgIpc) is 3.19. The Balaban J connectivity index is 1.84. The van der Waals surface area contributed by atoms with E-state index in [4.69, 9.17) is 9.47 Å². The summed E-state index contributed by atoms with van der Waals surface area (Å²) in [6, 6.07) is 14.6. The lowest BCUT2D eigenvalue weighted by atomic mass is 10.1. The van der Waals surface area contributed by atoms with Crippen LogP contribution in [0.3, 0.4) is 0 Å². The Labute approximate surface area is 161 Å². The lowest BCUT2D eigenvalue weighted by Crippen LogP contribution is -1.92. The third kappa shape index (κ3) is 4.19. The maximum atomic E-state index is 9.72. The van der Waals surface area contributed by atoms with Crippen LogP contribution in [-0.2, 0) is 0 Å². The molecule has 0 radical (unpaired) electrons. The molecule has 6 nitrogen and oxygen atoms in total. The van der Waals surface area contributed by atoms with Crippen LogP contribution in [0.5, 0.6) is 17.2 Å². The Morgan fingerprint density at radius 1 is 1.22 bits per heavy atom. The van der Waals surface area contributed by atoms with Crippen LogP contribution < -0.4 is 14.8 Å². The molecule has 2 N–H and O–H groups in total. The summed E-state index contributed by atoms with van der Waals surface area (Å²) in [5, 5.41) is 24.7. The Morgan fingerprint density at radius 3 is 2.81 bits per heavy atom. The molecule has 3 aromatic rings. The molecule has 0 aliphatic carbocycles. The highest BCUT2D eigenvalue weighted by Gasteiger charge is 2.11. The van der Waals surface area contributed by atoms with Gasteiger partial charge in [0.25, 0.3) is 0 Å². The van der Waals surface area contributed by atoms with E-state index < -0.39 is 0 Å². The number of thiazole rings is 1. The van der Waals surface area contributed by atoms with Gasteiger partial charge in [0.2, 0.25) is 0 Å². The molecule has 0 unspecified atom stereocenters. The molecule has 0 saturated heterocycles. The Morgan fingerprint density at radius 2 is 2.07 bits per heavy atom. The van der Waals surface area contributed by atoms with Gasteiger partial charge in [-0.2, -0.15) is 5.26 Å². The fourth-order valence-corrected chi connectivity index (χ4v) is 3.17. The van der Waals surface area contributed by atoms with Gasteiger partial charge in [-0.05, 0) is 30.3 Å². The number of nitriles is 1. The quantitative estimate of drug-likeness (QED) is 0.613. The lowest BCUT2D eigenvalue weighted by molar-refractivity contribution is 0.373. The molecule has 0 spiro atoms. The number of phenolic OH excluding ortho intramolecular Hbond substituents is 1. The molecular formula is C20H17N3O3S. The summed E-state index contributed by atoms with van der Waals surface area (Å²) in [5.74, 6) is 1.17. The van der Waals surface area contributed by atoms with Crippen LogP contribution in [0.25, 0.3) is 16.8 Å². The van der Waals surface area contributed by atoms with Gasteiger partial charge in [-0.3, -0.25) is 0 Å². The van der Waals surface area contributed by atoms with Gasteiger partial charge in [-0.1, -0.05) is 6.07 Å². The third-order valence-electron chi connectivity index (χ3n) is 3.78. The fraction of sp³-hybridized carbons (Fsp3) is 0.100. The third-order valence-corrected chi connectivity index (χ3v) is 4.66. The van der Waals surface area contributed by atoms with E-state index in [2.05, 4.69) is 16.4 Å². The predicted octanol–water partition coefficient (Wildman–Crippen LogP) is 4.51. The van der Waals surface area contributed by atoms with Crippen molar-refractivity contribution < 1.29 is 14.6 Å². The molecule has 1 aromatic heterocycles. The van der Waals surface area contributed by atoms with E-state index in [1.54, 1.807) is 31.5 Å². The molecule has 0 aliphatic rings. The first-order valence-electron chi connectivity index (χ1n) is 7.98. The van der Waals surface area contributed by atoms with Crippen LogP contribution in [0.1, 0.15) is 5.01 Å². The summed E-state index contributed by atoms with van der Waals surface area (Å²) in [6.45, 7) is 0.